The van der Waals surface area contributed by atoms with E-state index in [0.29, 0.717) is 23.0 Å². The lowest BCUT2D eigenvalue weighted by Gasteiger charge is -2.29. The summed E-state index contributed by atoms with van der Waals surface area (Å²) in [5.74, 6) is -0.792. The van der Waals surface area contributed by atoms with E-state index in [1.54, 1.807) is 41.7 Å². The molecule has 0 spiro atoms. The molecule has 4 aromatic rings. The van der Waals surface area contributed by atoms with Gasteiger partial charge in [0, 0.05) is 12.1 Å². The first-order valence-electron chi connectivity index (χ1n) is 11.0. The summed E-state index contributed by atoms with van der Waals surface area (Å²) in [6.07, 6.45) is 0. The van der Waals surface area contributed by atoms with E-state index < -0.39 is 11.4 Å². The molecule has 0 aliphatic heterocycles. The summed E-state index contributed by atoms with van der Waals surface area (Å²) in [4.78, 5) is 31.3. The van der Waals surface area contributed by atoms with E-state index in [0.717, 1.165) is 17.7 Å². The molecule has 2 aromatic heterocycles. The molecule has 0 saturated carbocycles. The average molecular weight is 497 g/mol. The van der Waals surface area contributed by atoms with E-state index in [9.17, 15) is 14.0 Å². The van der Waals surface area contributed by atoms with Gasteiger partial charge in [0.05, 0.1) is 22.6 Å². The summed E-state index contributed by atoms with van der Waals surface area (Å²) in [5, 5.41) is 7.48. The van der Waals surface area contributed by atoms with Crippen LogP contribution < -0.4 is 10.9 Å². The van der Waals surface area contributed by atoms with E-state index in [-0.39, 0.29) is 22.4 Å². The Morgan fingerprint density at radius 2 is 1.97 bits per heavy atom. The Morgan fingerprint density at radius 3 is 2.65 bits per heavy atom. The smallest absolute Gasteiger partial charge is 0.266 e. The number of para-hydroxylation sites is 1. The number of hydrogen-bond donors (Lipinski definition) is 2. The first-order chi connectivity index (χ1) is 16.4. The van der Waals surface area contributed by atoms with Crippen LogP contribution in [0.4, 0.5) is 4.39 Å². The lowest BCUT2D eigenvalue weighted by Crippen LogP contribution is -2.37. The highest BCUT2D eigenvalue weighted by atomic mass is 32.1. The zero-order valence-electron chi connectivity index (χ0n) is 18.9. The number of halogens is 1. The maximum Gasteiger partial charge on any atom is 0.266 e. The number of benzene rings is 2. The number of nitrogens with one attached hydrogen (secondary N) is 2. The number of H-pyrrole nitrogens is 1. The molecular weight excluding hydrogens is 471 g/mol. The SMILES string of the molecule is CCN(CC)C(CNC(=O)c1ccc2c(=O)n(-c3ccccc3F)c(=S)[nH]c2c1)c1ccsc1. The van der Waals surface area contributed by atoms with Crippen LogP contribution in [-0.4, -0.2) is 40.0 Å². The number of aromatic amines is 1. The van der Waals surface area contributed by atoms with Crippen molar-refractivity contribution in [1.29, 1.82) is 0 Å². The summed E-state index contributed by atoms with van der Waals surface area (Å²) < 4.78 is 15.5. The minimum absolute atomic E-state index is 0.0548. The first-order valence-corrected chi connectivity index (χ1v) is 12.4. The molecule has 34 heavy (non-hydrogen) atoms. The lowest BCUT2D eigenvalue weighted by atomic mass is 10.1. The molecule has 0 saturated heterocycles. The van der Waals surface area contributed by atoms with Gasteiger partial charge in [0.15, 0.2) is 4.77 Å². The van der Waals surface area contributed by atoms with Crippen LogP contribution in [0.1, 0.15) is 35.8 Å². The van der Waals surface area contributed by atoms with Crippen LogP contribution >= 0.6 is 23.6 Å². The van der Waals surface area contributed by atoms with Gasteiger partial charge in [-0.2, -0.15) is 11.3 Å². The third-order valence-corrected chi connectivity index (χ3v) is 6.88. The molecule has 1 atom stereocenters. The Labute approximate surface area is 205 Å². The van der Waals surface area contributed by atoms with Crippen LogP contribution in [0, 0.1) is 10.6 Å². The largest absolute Gasteiger partial charge is 0.350 e. The van der Waals surface area contributed by atoms with Crippen molar-refractivity contribution >= 4 is 40.4 Å². The molecule has 2 heterocycles. The molecule has 176 valence electrons. The third kappa shape index (κ3) is 4.72. The standard InChI is InChI=1S/C25H25FN4O2S2/c1-3-29(4-2)22(17-11-12-34-15-17)14-27-23(31)16-9-10-18-20(13-16)28-25(33)30(24(18)32)21-8-6-5-7-19(21)26/h5-13,15,22H,3-4,14H2,1-2H3,(H,27,31)(H,28,33). The van der Waals surface area contributed by atoms with Gasteiger partial charge < -0.3 is 10.3 Å². The first kappa shape index (κ1) is 24.0. The number of aromatic nitrogens is 2. The van der Waals surface area contributed by atoms with Crippen molar-refractivity contribution in [3.8, 4) is 5.69 Å². The average Bonchev–Trinajstić information content (AvgIpc) is 3.37. The normalized spacial score (nSPS) is 12.2. The third-order valence-electron chi connectivity index (χ3n) is 5.89. The fraction of sp³-hybridized carbons (Fsp3) is 0.240. The molecule has 0 aliphatic carbocycles. The molecule has 2 aromatic carbocycles. The number of likely N-dealkylation sites (N-methyl/N-ethyl adjacent to an activating group) is 1. The van der Waals surface area contributed by atoms with Crippen LogP contribution in [0.5, 0.6) is 0 Å². The molecule has 0 radical (unpaired) electrons. The number of carbonyl (C=O) groups excluding carboxylic acids is 1. The van der Waals surface area contributed by atoms with Crippen molar-refractivity contribution in [2.75, 3.05) is 19.6 Å². The summed E-state index contributed by atoms with van der Waals surface area (Å²) >= 11 is 6.97. The molecule has 4 rings (SSSR count). The fourth-order valence-corrected chi connectivity index (χ4v) is 5.09. The number of hydrogen-bond acceptors (Lipinski definition) is 5. The second-order valence-electron chi connectivity index (χ2n) is 7.79. The van der Waals surface area contributed by atoms with Crippen LogP contribution in [-0.2, 0) is 0 Å². The lowest BCUT2D eigenvalue weighted by molar-refractivity contribution is 0.0935. The molecule has 0 aliphatic rings. The number of fused-ring (bicyclic) bond motifs is 1. The fourth-order valence-electron chi connectivity index (χ4n) is 4.09. The van der Waals surface area contributed by atoms with Gasteiger partial charge in [-0.05, 0) is 78.0 Å². The molecular formula is C25H25FN4O2S2. The van der Waals surface area contributed by atoms with Crippen molar-refractivity contribution in [2.24, 2.45) is 0 Å². The van der Waals surface area contributed by atoms with Gasteiger partial charge in [0.1, 0.15) is 5.82 Å². The summed E-state index contributed by atoms with van der Waals surface area (Å²) in [6, 6.07) is 12.9. The van der Waals surface area contributed by atoms with Crippen molar-refractivity contribution in [3.05, 3.63) is 91.4 Å². The van der Waals surface area contributed by atoms with Crippen LogP contribution in [0.2, 0.25) is 0 Å². The van der Waals surface area contributed by atoms with E-state index in [4.69, 9.17) is 12.2 Å². The minimum atomic E-state index is -0.548. The molecule has 1 amide bonds. The van der Waals surface area contributed by atoms with Crippen molar-refractivity contribution in [2.45, 2.75) is 19.9 Å². The van der Waals surface area contributed by atoms with Crippen LogP contribution in [0.25, 0.3) is 16.6 Å². The van der Waals surface area contributed by atoms with Crippen molar-refractivity contribution in [1.82, 2.24) is 19.8 Å². The molecule has 9 heteroatoms. The van der Waals surface area contributed by atoms with Gasteiger partial charge in [0.25, 0.3) is 11.5 Å². The maximum absolute atomic E-state index is 14.3. The van der Waals surface area contributed by atoms with Gasteiger partial charge in [-0.25, -0.2) is 8.96 Å². The van der Waals surface area contributed by atoms with E-state index >= 15 is 0 Å². The highest BCUT2D eigenvalue weighted by molar-refractivity contribution is 7.71. The number of thiophene rings is 1. The Morgan fingerprint density at radius 1 is 1.21 bits per heavy atom. The number of rotatable bonds is 8. The van der Waals surface area contributed by atoms with E-state index in [1.807, 2.05) is 5.38 Å². The van der Waals surface area contributed by atoms with Crippen molar-refractivity contribution < 1.29 is 9.18 Å². The van der Waals surface area contributed by atoms with Gasteiger partial charge >= 0.3 is 0 Å². The summed E-state index contributed by atoms with van der Waals surface area (Å²) in [7, 11) is 0. The highest BCUT2D eigenvalue weighted by Gasteiger charge is 2.20. The zero-order valence-corrected chi connectivity index (χ0v) is 20.5. The van der Waals surface area contributed by atoms with Gasteiger partial charge in [-0.1, -0.05) is 26.0 Å². The highest BCUT2D eigenvalue weighted by Crippen LogP contribution is 2.22. The number of amides is 1. The Kier molecular flexibility index (Phi) is 7.35. The Hall–Kier alpha value is -3.14. The predicted octanol–water partition coefficient (Wildman–Crippen LogP) is 5.06. The quantitative estimate of drug-likeness (QED) is 0.335. The predicted molar refractivity (Wildman–Crippen MR) is 137 cm³/mol. The van der Waals surface area contributed by atoms with Gasteiger partial charge in [-0.15, -0.1) is 0 Å². The van der Waals surface area contributed by atoms with Gasteiger partial charge in [0.2, 0.25) is 0 Å². The Bertz CT molecular complexity index is 1430. The van der Waals surface area contributed by atoms with Crippen molar-refractivity contribution in [3.63, 3.8) is 0 Å². The molecule has 6 nitrogen and oxygen atoms in total. The van der Waals surface area contributed by atoms with Crippen LogP contribution in [0.15, 0.2) is 64.1 Å². The maximum atomic E-state index is 14.3. The van der Waals surface area contributed by atoms with E-state index in [1.165, 1.54) is 17.7 Å². The topological polar surface area (TPSA) is 70.1 Å². The second-order valence-corrected chi connectivity index (χ2v) is 8.95. The minimum Gasteiger partial charge on any atom is -0.350 e. The molecule has 0 bridgehead atoms. The zero-order chi connectivity index (χ0) is 24.2. The summed E-state index contributed by atoms with van der Waals surface area (Å²) in [6.45, 7) is 6.40. The molecule has 1 unspecified atom stereocenters. The number of nitrogens with zero attached hydrogens (tertiary/aromatic N) is 2. The molecule has 0 fully saturated rings. The Balaban J connectivity index is 1.62. The monoisotopic (exact) mass is 496 g/mol. The summed E-state index contributed by atoms with van der Waals surface area (Å²) in [5.41, 5.74) is 1.63. The number of carbonyl (C=O) groups is 1. The van der Waals surface area contributed by atoms with Gasteiger partial charge in [-0.3, -0.25) is 14.5 Å². The van der Waals surface area contributed by atoms with E-state index in [2.05, 4.69) is 40.5 Å². The molecule has 2 N–H and O–H groups in total. The van der Waals surface area contributed by atoms with Crippen LogP contribution in [0.3, 0.4) is 0 Å². The second kappa shape index (κ2) is 10.4.